The molecule has 1 N–H and O–H groups in total. The molecule has 1 atom stereocenters. The molecule has 3 rings (SSSR count). The lowest BCUT2D eigenvalue weighted by molar-refractivity contribution is 0.0943. The molecule has 0 saturated carbocycles. The molecule has 3 aromatic rings. The quantitative estimate of drug-likeness (QED) is 0.695. The van der Waals surface area contributed by atoms with Gasteiger partial charge in [-0.1, -0.05) is 23.7 Å². The number of aryl methyl sites for hydroxylation is 2. The highest BCUT2D eigenvalue weighted by Gasteiger charge is 2.21. The monoisotopic (exact) mass is 376 g/mol. The molecule has 0 bridgehead atoms. The zero-order chi connectivity index (χ0) is 18.1. The van der Waals surface area contributed by atoms with Crippen molar-refractivity contribution in [3.63, 3.8) is 0 Å². The molecule has 0 spiro atoms. The predicted octanol–water partition coefficient (Wildman–Crippen LogP) is 4.80. The van der Waals surface area contributed by atoms with Gasteiger partial charge in [-0.05, 0) is 51.7 Å². The van der Waals surface area contributed by atoms with E-state index in [9.17, 15) is 4.79 Å². The SMILES string of the molecule is Cc1ccc2c(Cl)c(C(=O)NC[C@H](c3ccc(C)o3)N(C)C)sc2c1. The Balaban J connectivity index is 1.78. The maximum atomic E-state index is 12.6. The van der Waals surface area contributed by atoms with Crippen LogP contribution in [0.4, 0.5) is 0 Å². The standard InChI is InChI=1S/C19H21ClN2O2S/c1-11-5-7-13-16(9-11)25-18(17(13)20)19(23)21-10-14(22(3)4)15-8-6-12(2)24-15/h5-9,14H,10H2,1-4H3,(H,21,23)/t14-/m1/s1. The molecule has 0 aliphatic rings. The van der Waals surface area contributed by atoms with Crippen LogP contribution in [0.1, 0.15) is 32.8 Å². The molecule has 0 aliphatic carbocycles. The third-order valence-electron chi connectivity index (χ3n) is 4.16. The van der Waals surface area contributed by atoms with Crippen molar-refractivity contribution in [3.05, 3.63) is 57.3 Å². The number of rotatable bonds is 5. The minimum absolute atomic E-state index is 0.0342. The number of benzene rings is 1. The number of nitrogens with one attached hydrogen (secondary N) is 1. The lowest BCUT2D eigenvalue weighted by Crippen LogP contribution is -2.34. The summed E-state index contributed by atoms with van der Waals surface area (Å²) in [4.78, 5) is 15.2. The molecule has 0 saturated heterocycles. The largest absolute Gasteiger partial charge is 0.465 e. The molecule has 2 heterocycles. The second-order valence-electron chi connectivity index (χ2n) is 6.38. The zero-order valence-corrected chi connectivity index (χ0v) is 16.3. The van der Waals surface area contributed by atoms with Gasteiger partial charge >= 0.3 is 0 Å². The summed E-state index contributed by atoms with van der Waals surface area (Å²) in [5, 5.41) is 4.44. The van der Waals surface area contributed by atoms with Crippen molar-refractivity contribution in [1.29, 1.82) is 0 Å². The minimum atomic E-state index is -0.154. The van der Waals surface area contributed by atoms with E-state index in [2.05, 4.69) is 11.4 Å². The lowest BCUT2D eigenvalue weighted by atomic mass is 10.2. The van der Waals surface area contributed by atoms with Gasteiger partial charge in [-0.25, -0.2) is 0 Å². The molecule has 6 heteroatoms. The molecule has 1 aromatic carbocycles. The summed E-state index contributed by atoms with van der Waals surface area (Å²) in [5.41, 5.74) is 1.15. The first-order chi connectivity index (χ1) is 11.9. The Hall–Kier alpha value is -1.82. The van der Waals surface area contributed by atoms with Crippen LogP contribution >= 0.6 is 22.9 Å². The number of hydrogen-bond acceptors (Lipinski definition) is 4. The molecule has 0 fully saturated rings. The number of hydrogen-bond donors (Lipinski definition) is 1. The first kappa shape index (κ1) is 18.0. The number of thiophene rings is 1. The van der Waals surface area contributed by atoms with Crippen molar-refractivity contribution in [3.8, 4) is 0 Å². The summed E-state index contributed by atoms with van der Waals surface area (Å²) in [6.07, 6.45) is 0. The van der Waals surface area contributed by atoms with Crippen LogP contribution in [-0.4, -0.2) is 31.4 Å². The molecular formula is C19H21ClN2O2S. The van der Waals surface area contributed by atoms with Crippen molar-refractivity contribution in [2.24, 2.45) is 0 Å². The topological polar surface area (TPSA) is 45.5 Å². The second-order valence-corrected chi connectivity index (χ2v) is 7.81. The van der Waals surface area contributed by atoms with Gasteiger partial charge in [0.1, 0.15) is 16.4 Å². The highest BCUT2D eigenvalue weighted by molar-refractivity contribution is 7.21. The van der Waals surface area contributed by atoms with E-state index in [1.165, 1.54) is 11.3 Å². The molecule has 4 nitrogen and oxygen atoms in total. The number of amides is 1. The Morgan fingerprint density at radius 1 is 1.28 bits per heavy atom. The highest BCUT2D eigenvalue weighted by Crippen LogP contribution is 2.35. The van der Waals surface area contributed by atoms with Gasteiger partial charge in [0.25, 0.3) is 5.91 Å². The van der Waals surface area contributed by atoms with Gasteiger partial charge in [0.05, 0.1) is 11.1 Å². The summed E-state index contributed by atoms with van der Waals surface area (Å²) >= 11 is 7.85. The van der Waals surface area contributed by atoms with Crippen LogP contribution in [0, 0.1) is 13.8 Å². The van der Waals surface area contributed by atoms with Gasteiger partial charge in [0.15, 0.2) is 0 Å². The van der Waals surface area contributed by atoms with E-state index < -0.39 is 0 Å². The third kappa shape index (κ3) is 3.73. The molecule has 1 amide bonds. The van der Waals surface area contributed by atoms with Crippen LogP contribution in [0.3, 0.4) is 0 Å². The van der Waals surface area contributed by atoms with Crippen LogP contribution in [-0.2, 0) is 0 Å². The average molecular weight is 377 g/mol. The minimum Gasteiger partial charge on any atom is -0.465 e. The number of carbonyl (C=O) groups excluding carboxylic acids is 1. The Kier molecular flexibility index (Phi) is 5.18. The van der Waals surface area contributed by atoms with Crippen LogP contribution in [0.2, 0.25) is 5.02 Å². The lowest BCUT2D eigenvalue weighted by Gasteiger charge is -2.22. The van der Waals surface area contributed by atoms with E-state index in [4.69, 9.17) is 16.0 Å². The zero-order valence-electron chi connectivity index (χ0n) is 14.7. The van der Waals surface area contributed by atoms with Crippen molar-refractivity contribution >= 4 is 38.9 Å². The van der Waals surface area contributed by atoms with Crippen LogP contribution in [0.25, 0.3) is 10.1 Å². The van der Waals surface area contributed by atoms with Crippen LogP contribution in [0.5, 0.6) is 0 Å². The van der Waals surface area contributed by atoms with Gasteiger partial charge in [-0.15, -0.1) is 11.3 Å². The second kappa shape index (κ2) is 7.20. The first-order valence-corrected chi connectivity index (χ1v) is 9.26. The Morgan fingerprint density at radius 2 is 2.04 bits per heavy atom. The summed E-state index contributed by atoms with van der Waals surface area (Å²) in [5.74, 6) is 1.54. The smallest absolute Gasteiger partial charge is 0.263 e. The van der Waals surface area contributed by atoms with Crippen LogP contribution in [0.15, 0.2) is 34.7 Å². The van der Waals surface area contributed by atoms with Crippen molar-refractivity contribution in [2.75, 3.05) is 20.6 Å². The number of likely N-dealkylation sites (N-methyl/N-ethyl adjacent to an activating group) is 1. The summed E-state index contributed by atoms with van der Waals surface area (Å²) in [6.45, 7) is 4.38. The van der Waals surface area contributed by atoms with Gasteiger partial charge in [0, 0.05) is 16.6 Å². The Labute approximate surface area is 156 Å². The molecular weight excluding hydrogens is 356 g/mol. The van der Waals surface area contributed by atoms with E-state index in [-0.39, 0.29) is 11.9 Å². The molecule has 2 aromatic heterocycles. The van der Waals surface area contributed by atoms with Gasteiger partial charge < -0.3 is 9.73 Å². The van der Waals surface area contributed by atoms with Gasteiger partial charge in [-0.2, -0.15) is 0 Å². The predicted molar refractivity (Wildman–Crippen MR) is 104 cm³/mol. The van der Waals surface area contributed by atoms with E-state index >= 15 is 0 Å². The molecule has 0 unspecified atom stereocenters. The van der Waals surface area contributed by atoms with E-state index in [0.717, 1.165) is 27.2 Å². The first-order valence-electron chi connectivity index (χ1n) is 8.06. The fourth-order valence-corrected chi connectivity index (χ4v) is 4.29. The fraction of sp³-hybridized carbons (Fsp3) is 0.316. The number of furan rings is 1. The number of carbonyl (C=O) groups is 1. The summed E-state index contributed by atoms with van der Waals surface area (Å²) < 4.78 is 6.74. The van der Waals surface area contributed by atoms with Gasteiger partial charge in [0.2, 0.25) is 0 Å². The maximum absolute atomic E-state index is 12.6. The highest BCUT2D eigenvalue weighted by atomic mass is 35.5. The summed E-state index contributed by atoms with van der Waals surface area (Å²) in [7, 11) is 3.92. The normalized spacial score (nSPS) is 12.7. The van der Waals surface area contributed by atoms with E-state index in [1.807, 2.05) is 57.1 Å². The van der Waals surface area contributed by atoms with E-state index in [1.54, 1.807) is 0 Å². The van der Waals surface area contributed by atoms with E-state index in [0.29, 0.717) is 16.4 Å². The molecule has 0 aliphatic heterocycles. The molecule has 0 radical (unpaired) electrons. The average Bonchev–Trinajstić information content (AvgIpc) is 3.11. The molecule has 25 heavy (non-hydrogen) atoms. The number of fused-ring (bicyclic) bond motifs is 1. The number of halogens is 1. The third-order valence-corrected chi connectivity index (χ3v) is 5.82. The van der Waals surface area contributed by atoms with Crippen molar-refractivity contribution in [2.45, 2.75) is 19.9 Å². The fourth-order valence-electron chi connectivity index (χ4n) is 2.76. The Bertz CT molecular complexity index is 913. The Morgan fingerprint density at radius 3 is 2.68 bits per heavy atom. The number of nitrogens with zero attached hydrogens (tertiary/aromatic N) is 1. The molecule has 132 valence electrons. The van der Waals surface area contributed by atoms with Crippen molar-refractivity contribution < 1.29 is 9.21 Å². The summed E-state index contributed by atoms with van der Waals surface area (Å²) in [6, 6.07) is 9.86. The van der Waals surface area contributed by atoms with Crippen molar-refractivity contribution in [1.82, 2.24) is 10.2 Å². The van der Waals surface area contributed by atoms with Crippen LogP contribution < -0.4 is 5.32 Å². The maximum Gasteiger partial charge on any atom is 0.263 e. The van der Waals surface area contributed by atoms with Gasteiger partial charge in [-0.3, -0.25) is 9.69 Å².